The predicted octanol–water partition coefficient (Wildman–Crippen LogP) is 5.64. The minimum atomic E-state index is 0.911. The maximum absolute atomic E-state index is 5.45. The number of hydrogen-bond acceptors (Lipinski definition) is 0. The molecule has 0 heteroatoms. The van der Waals surface area contributed by atoms with E-state index in [1.807, 2.05) is 12.1 Å². The van der Waals surface area contributed by atoms with Gasteiger partial charge in [-0.1, -0.05) is 66.6 Å². The monoisotopic (exact) mass is 278 g/mol. The zero-order valence-corrected chi connectivity index (χ0v) is 12.1. The summed E-state index contributed by atoms with van der Waals surface area (Å²) in [5, 5.41) is 5.12. The van der Waals surface area contributed by atoms with E-state index in [1.165, 1.54) is 32.7 Å². The molecule has 0 nitrogen and oxygen atoms in total. The molecule has 0 heterocycles. The smallest absolute Gasteiger partial charge is 0.0243 e. The van der Waals surface area contributed by atoms with Crippen LogP contribution < -0.4 is 0 Å². The second-order valence-electron chi connectivity index (χ2n) is 5.41. The Balaban J connectivity index is 2.08. The summed E-state index contributed by atoms with van der Waals surface area (Å²) in [4.78, 5) is 0. The van der Waals surface area contributed by atoms with Crippen LogP contribution in [0.15, 0.2) is 78.9 Å². The Hall–Kier alpha value is -3.04. The van der Waals surface area contributed by atoms with Gasteiger partial charge in [-0.3, -0.25) is 0 Å². The SMILES string of the molecule is C#Cc1ccc(-c2cc3ccccc3c3ccccc23)cc1. The fourth-order valence-corrected chi connectivity index (χ4v) is 3.04. The van der Waals surface area contributed by atoms with Gasteiger partial charge in [0.1, 0.15) is 0 Å². The topological polar surface area (TPSA) is 0 Å². The molecule has 0 fully saturated rings. The molecule has 0 saturated heterocycles. The average Bonchev–Trinajstić information content (AvgIpc) is 2.61. The molecule has 0 aromatic heterocycles. The maximum atomic E-state index is 5.45. The fraction of sp³-hybridized carbons (Fsp3) is 0. The van der Waals surface area contributed by atoms with Crippen molar-refractivity contribution in [1.29, 1.82) is 0 Å². The van der Waals surface area contributed by atoms with Crippen molar-refractivity contribution >= 4 is 21.5 Å². The van der Waals surface area contributed by atoms with Crippen LogP contribution in [0.3, 0.4) is 0 Å². The van der Waals surface area contributed by atoms with Gasteiger partial charge < -0.3 is 0 Å². The molecule has 0 amide bonds. The summed E-state index contributed by atoms with van der Waals surface area (Å²) in [6.07, 6.45) is 5.45. The molecule has 102 valence electrons. The average molecular weight is 278 g/mol. The number of rotatable bonds is 1. The Morgan fingerprint density at radius 1 is 0.636 bits per heavy atom. The molecule has 0 atom stereocenters. The van der Waals surface area contributed by atoms with Crippen LogP contribution in [-0.4, -0.2) is 0 Å². The quantitative estimate of drug-likeness (QED) is 0.312. The maximum Gasteiger partial charge on any atom is 0.0243 e. The predicted molar refractivity (Wildman–Crippen MR) is 94.8 cm³/mol. The van der Waals surface area contributed by atoms with Gasteiger partial charge in [0.15, 0.2) is 0 Å². The van der Waals surface area contributed by atoms with Gasteiger partial charge in [0.05, 0.1) is 0 Å². The highest BCUT2D eigenvalue weighted by Crippen LogP contribution is 2.34. The zero-order valence-electron chi connectivity index (χ0n) is 12.1. The Kier molecular flexibility index (Phi) is 2.92. The third kappa shape index (κ3) is 1.96. The van der Waals surface area contributed by atoms with Crippen molar-refractivity contribution in [1.82, 2.24) is 0 Å². The third-order valence-corrected chi connectivity index (χ3v) is 4.13. The second-order valence-corrected chi connectivity index (χ2v) is 5.41. The van der Waals surface area contributed by atoms with Crippen molar-refractivity contribution in [2.24, 2.45) is 0 Å². The van der Waals surface area contributed by atoms with E-state index in [4.69, 9.17) is 6.42 Å². The van der Waals surface area contributed by atoms with Crippen molar-refractivity contribution in [3.05, 3.63) is 84.4 Å². The third-order valence-electron chi connectivity index (χ3n) is 4.13. The van der Waals surface area contributed by atoms with Crippen LogP contribution in [-0.2, 0) is 0 Å². The summed E-state index contributed by atoms with van der Waals surface area (Å²) >= 11 is 0. The first-order valence-electron chi connectivity index (χ1n) is 7.34. The lowest BCUT2D eigenvalue weighted by Gasteiger charge is -2.11. The molecule has 0 N–H and O–H groups in total. The van der Waals surface area contributed by atoms with E-state index in [-0.39, 0.29) is 0 Å². The van der Waals surface area contributed by atoms with E-state index in [0.29, 0.717) is 0 Å². The highest BCUT2D eigenvalue weighted by atomic mass is 14.1. The largest absolute Gasteiger partial charge is 0.115 e. The minimum Gasteiger partial charge on any atom is -0.115 e. The molecule has 0 aliphatic carbocycles. The van der Waals surface area contributed by atoms with Crippen LogP contribution in [0.25, 0.3) is 32.7 Å². The summed E-state index contributed by atoms with van der Waals surface area (Å²) in [6, 6.07) is 27.6. The van der Waals surface area contributed by atoms with E-state index in [1.54, 1.807) is 0 Å². The molecule has 4 aromatic rings. The number of fused-ring (bicyclic) bond motifs is 3. The van der Waals surface area contributed by atoms with Crippen molar-refractivity contribution in [2.45, 2.75) is 0 Å². The van der Waals surface area contributed by atoms with Gasteiger partial charge in [0.2, 0.25) is 0 Å². The molecule has 4 aromatic carbocycles. The molecule has 0 radical (unpaired) electrons. The zero-order chi connectivity index (χ0) is 14.9. The normalized spacial score (nSPS) is 10.7. The highest BCUT2D eigenvalue weighted by Gasteiger charge is 2.07. The molecule has 4 rings (SSSR count). The fourth-order valence-electron chi connectivity index (χ4n) is 3.04. The molecular formula is C22H14. The molecule has 0 unspecified atom stereocenters. The van der Waals surface area contributed by atoms with Gasteiger partial charge in [-0.15, -0.1) is 6.42 Å². The standard InChI is InChI=1S/C22H14/c1-2-16-11-13-17(14-12-16)22-15-18-7-3-4-8-19(18)20-9-5-6-10-21(20)22/h1,3-15H. The van der Waals surface area contributed by atoms with Gasteiger partial charge in [-0.2, -0.15) is 0 Å². The lowest BCUT2D eigenvalue weighted by Crippen LogP contribution is -1.85. The lowest BCUT2D eigenvalue weighted by molar-refractivity contribution is 1.63. The molecular weight excluding hydrogens is 264 g/mol. The molecule has 0 aliphatic heterocycles. The molecule has 0 saturated carbocycles. The first kappa shape index (κ1) is 12.7. The van der Waals surface area contributed by atoms with Gasteiger partial charge in [0, 0.05) is 5.56 Å². The lowest BCUT2D eigenvalue weighted by atomic mass is 9.93. The first-order valence-corrected chi connectivity index (χ1v) is 7.34. The van der Waals surface area contributed by atoms with Gasteiger partial charge in [-0.25, -0.2) is 0 Å². The molecule has 0 spiro atoms. The van der Waals surface area contributed by atoms with Crippen molar-refractivity contribution in [3.8, 4) is 23.5 Å². The number of hydrogen-bond donors (Lipinski definition) is 0. The van der Waals surface area contributed by atoms with Crippen molar-refractivity contribution in [2.75, 3.05) is 0 Å². The van der Waals surface area contributed by atoms with E-state index >= 15 is 0 Å². The minimum absolute atomic E-state index is 0.911. The number of terminal acetylenes is 1. The van der Waals surface area contributed by atoms with Gasteiger partial charge in [-0.05, 0) is 50.9 Å². The summed E-state index contributed by atoms with van der Waals surface area (Å²) in [6.45, 7) is 0. The van der Waals surface area contributed by atoms with Crippen LogP contribution in [0.5, 0.6) is 0 Å². The van der Waals surface area contributed by atoms with Gasteiger partial charge in [0.25, 0.3) is 0 Å². The molecule has 0 bridgehead atoms. The van der Waals surface area contributed by atoms with E-state index < -0.39 is 0 Å². The number of benzene rings is 4. The van der Waals surface area contributed by atoms with E-state index in [9.17, 15) is 0 Å². The Morgan fingerprint density at radius 3 is 2.00 bits per heavy atom. The van der Waals surface area contributed by atoms with Crippen LogP contribution in [0, 0.1) is 12.3 Å². The summed E-state index contributed by atoms with van der Waals surface area (Å²) in [5.41, 5.74) is 3.35. The van der Waals surface area contributed by atoms with Crippen LogP contribution in [0.2, 0.25) is 0 Å². The van der Waals surface area contributed by atoms with Crippen molar-refractivity contribution in [3.63, 3.8) is 0 Å². The van der Waals surface area contributed by atoms with E-state index in [2.05, 4.69) is 72.7 Å². The molecule has 22 heavy (non-hydrogen) atoms. The summed E-state index contributed by atoms with van der Waals surface area (Å²) < 4.78 is 0. The Morgan fingerprint density at radius 2 is 1.27 bits per heavy atom. The van der Waals surface area contributed by atoms with Crippen LogP contribution >= 0.6 is 0 Å². The Labute approximate surface area is 130 Å². The second kappa shape index (κ2) is 5.06. The highest BCUT2D eigenvalue weighted by molar-refractivity contribution is 6.13. The summed E-state index contributed by atoms with van der Waals surface area (Å²) in [7, 11) is 0. The first-order chi connectivity index (χ1) is 10.9. The van der Waals surface area contributed by atoms with Gasteiger partial charge >= 0.3 is 0 Å². The van der Waals surface area contributed by atoms with Crippen LogP contribution in [0.1, 0.15) is 5.56 Å². The molecule has 0 aliphatic rings. The van der Waals surface area contributed by atoms with Crippen molar-refractivity contribution < 1.29 is 0 Å². The van der Waals surface area contributed by atoms with Crippen LogP contribution in [0.4, 0.5) is 0 Å². The van der Waals surface area contributed by atoms with E-state index in [0.717, 1.165) is 5.56 Å². The summed E-state index contributed by atoms with van der Waals surface area (Å²) in [5.74, 6) is 2.67. The Bertz CT molecular complexity index is 1020.